The van der Waals surface area contributed by atoms with Crippen molar-refractivity contribution in [1.82, 2.24) is 15.2 Å². The topological polar surface area (TPSA) is 76.8 Å². The number of carbonyl (C=O) groups is 1. The van der Waals surface area contributed by atoms with E-state index in [2.05, 4.69) is 10.3 Å². The van der Waals surface area contributed by atoms with Gasteiger partial charge in [0, 0.05) is 38.0 Å². The molecule has 2 aliphatic rings. The summed E-state index contributed by atoms with van der Waals surface area (Å²) in [5, 5.41) is 3.29. The number of morpholine rings is 1. The molecular weight excluding hydrogens is 334 g/mol. The molecule has 1 N–H and O–H groups in total. The summed E-state index contributed by atoms with van der Waals surface area (Å²) in [6.45, 7) is 2.88. The van der Waals surface area contributed by atoms with Gasteiger partial charge in [-0.25, -0.2) is 4.98 Å². The molecule has 7 heteroatoms. The largest absolute Gasteiger partial charge is 0.497 e. The first-order valence-corrected chi connectivity index (χ1v) is 8.95. The Morgan fingerprint density at radius 1 is 1.35 bits per heavy atom. The van der Waals surface area contributed by atoms with Gasteiger partial charge in [-0.05, 0) is 24.3 Å². The highest BCUT2D eigenvalue weighted by atomic mass is 16.5. The van der Waals surface area contributed by atoms with Crippen LogP contribution in [0.1, 0.15) is 12.3 Å². The zero-order valence-electron chi connectivity index (χ0n) is 14.8. The molecule has 1 aromatic carbocycles. The molecule has 2 fully saturated rings. The Kier molecular flexibility index (Phi) is 4.90. The second kappa shape index (κ2) is 7.47. The number of methoxy groups -OCH3 is 1. The summed E-state index contributed by atoms with van der Waals surface area (Å²) in [7, 11) is 1.64. The van der Waals surface area contributed by atoms with E-state index in [0.717, 1.165) is 24.4 Å². The number of benzene rings is 1. The average Bonchev–Trinajstić information content (AvgIpc) is 3.35. The van der Waals surface area contributed by atoms with Gasteiger partial charge in [0.2, 0.25) is 5.91 Å². The molecular formula is C19H23N3O4. The molecule has 1 amide bonds. The van der Waals surface area contributed by atoms with Crippen molar-refractivity contribution >= 4 is 5.91 Å². The Hall–Kier alpha value is -2.38. The zero-order valence-corrected chi connectivity index (χ0v) is 14.8. The van der Waals surface area contributed by atoms with Crippen LogP contribution in [0, 0.1) is 0 Å². The summed E-state index contributed by atoms with van der Waals surface area (Å²) >= 11 is 0. The lowest BCUT2D eigenvalue weighted by molar-refractivity contribution is -0.142. The minimum atomic E-state index is 0.121. The third-order valence-electron chi connectivity index (χ3n) is 4.99. The van der Waals surface area contributed by atoms with E-state index < -0.39 is 0 Å². The van der Waals surface area contributed by atoms with E-state index >= 15 is 0 Å². The average molecular weight is 357 g/mol. The maximum Gasteiger partial charge on any atom is 0.223 e. The molecule has 1 aromatic heterocycles. The summed E-state index contributed by atoms with van der Waals surface area (Å²) in [6, 6.07) is 7.76. The third-order valence-corrected chi connectivity index (χ3v) is 4.99. The summed E-state index contributed by atoms with van der Waals surface area (Å²) < 4.78 is 16.7. The van der Waals surface area contributed by atoms with Crippen molar-refractivity contribution in [3.63, 3.8) is 0 Å². The van der Waals surface area contributed by atoms with Crippen LogP contribution in [-0.2, 0) is 16.0 Å². The summed E-state index contributed by atoms with van der Waals surface area (Å²) in [5.41, 5.74) is 0.934. The molecule has 2 aliphatic heterocycles. The number of nitrogens with zero attached hydrogens (tertiary/aromatic N) is 2. The molecule has 2 aromatic rings. The molecule has 0 spiro atoms. The Morgan fingerprint density at radius 2 is 2.19 bits per heavy atom. The van der Waals surface area contributed by atoms with E-state index in [4.69, 9.17) is 13.9 Å². The minimum absolute atomic E-state index is 0.121. The highest BCUT2D eigenvalue weighted by Crippen LogP contribution is 2.24. The van der Waals surface area contributed by atoms with E-state index in [-0.39, 0.29) is 18.1 Å². The number of fused-ring (bicyclic) bond motifs is 1. The van der Waals surface area contributed by atoms with Crippen molar-refractivity contribution in [3.8, 4) is 17.1 Å². The van der Waals surface area contributed by atoms with Crippen LogP contribution < -0.4 is 10.1 Å². The number of amides is 1. The van der Waals surface area contributed by atoms with Crippen molar-refractivity contribution in [2.24, 2.45) is 0 Å². The van der Waals surface area contributed by atoms with Crippen LogP contribution in [0.3, 0.4) is 0 Å². The van der Waals surface area contributed by atoms with Gasteiger partial charge in [0.15, 0.2) is 11.7 Å². The zero-order chi connectivity index (χ0) is 17.9. The highest BCUT2D eigenvalue weighted by Gasteiger charge is 2.38. The second-order valence-corrected chi connectivity index (χ2v) is 6.57. The molecule has 0 bridgehead atoms. The fourth-order valence-corrected chi connectivity index (χ4v) is 3.57. The molecule has 0 saturated carbocycles. The lowest BCUT2D eigenvalue weighted by atomic mass is 10.1. The minimum Gasteiger partial charge on any atom is -0.497 e. The third kappa shape index (κ3) is 3.45. The Bertz CT molecular complexity index is 758. The monoisotopic (exact) mass is 357 g/mol. The van der Waals surface area contributed by atoms with Crippen LogP contribution in [0.2, 0.25) is 0 Å². The molecule has 3 heterocycles. The predicted octanol–water partition coefficient (Wildman–Crippen LogP) is 1.48. The van der Waals surface area contributed by atoms with E-state index in [0.29, 0.717) is 37.6 Å². The SMILES string of the molecule is COc1ccc(-c2cnc(CCC(=O)N3CCO[C@@H]4CNC[C@@H]43)o2)cc1. The van der Waals surface area contributed by atoms with Crippen LogP contribution in [-0.4, -0.2) is 61.3 Å². The molecule has 0 radical (unpaired) electrons. The highest BCUT2D eigenvalue weighted by molar-refractivity contribution is 5.77. The Labute approximate surface area is 152 Å². The number of nitrogens with one attached hydrogen (secondary N) is 1. The van der Waals surface area contributed by atoms with Gasteiger partial charge < -0.3 is 24.1 Å². The van der Waals surface area contributed by atoms with Gasteiger partial charge in [-0.3, -0.25) is 4.79 Å². The van der Waals surface area contributed by atoms with Crippen LogP contribution in [0.4, 0.5) is 0 Å². The van der Waals surface area contributed by atoms with Crippen LogP contribution >= 0.6 is 0 Å². The smallest absolute Gasteiger partial charge is 0.223 e. The summed E-state index contributed by atoms with van der Waals surface area (Å²) in [6.07, 6.45) is 2.71. The van der Waals surface area contributed by atoms with E-state index in [1.165, 1.54) is 0 Å². The van der Waals surface area contributed by atoms with Crippen molar-refractivity contribution in [3.05, 3.63) is 36.4 Å². The molecule has 2 atom stereocenters. The Morgan fingerprint density at radius 3 is 3.00 bits per heavy atom. The summed E-state index contributed by atoms with van der Waals surface area (Å²) in [4.78, 5) is 18.9. The first-order chi connectivity index (χ1) is 12.7. The van der Waals surface area contributed by atoms with Crippen molar-refractivity contribution in [2.75, 3.05) is 33.4 Å². The van der Waals surface area contributed by atoms with Gasteiger partial charge in [-0.1, -0.05) is 0 Å². The fourth-order valence-electron chi connectivity index (χ4n) is 3.57. The first kappa shape index (κ1) is 17.1. The molecule has 7 nitrogen and oxygen atoms in total. The molecule has 138 valence electrons. The number of carbonyl (C=O) groups excluding carboxylic acids is 1. The number of ether oxygens (including phenoxy) is 2. The fraction of sp³-hybridized carbons (Fsp3) is 0.474. The molecule has 4 rings (SSSR count). The van der Waals surface area contributed by atoms with Crippen molar-refractivity contribution in [2.45, 2.75) is 25.0 Å². The van der Waals surface area contributed by atoms with Gasteiger partial charge >= 0.3 is 0 Å². The van der Waals surface area contributed by atoms with E-state index in [1.807, 2.05) is 29.2 Å². The maximum atomic E-state index is 12.6. The van der Waals surface area contributed by atoms with Gasteiger partial charge in [0.25, 0.3) is 0 Å². The normalized spacial score (nSPS) is 22.3. The molecule has 26 heavy (non-hydrogen) atoms. The van der Waals surface area contributed by atoms with Crippen LogP contribution in [0.25, 0.3) is 11.3 Å². The van der Waals surface area contributed by atoms with Gasteiger partial charge in [0.1, 0.15) is 5.75 Å². The molecule has 2 saturated heterocycles. The molecule has 0 unspecified atom stereocenters. The standard InChI is InChI=1S/C19H23N3O4/c1-24-14-4-2-13(3-5-14)16-12-21-18(26-16)6-7-19(23)22-8-9-25-17-11-20-10-15(17)22/h2-5,12,15,17,20H,6-11H2,1H3/t15-,17+/m0/s1. The van der Waals surface area contributed by atoms with E-state index in [9.17, 15) is 4.79 Å². The lowest BCUT2D eigenvalue weighted by Crippen LogP contribution is -2.53. The second-order valence-electron chi connectivity index (χ2n) is 6.57. The van der Waals surface area contributed by atoms with Crippen LogP contribution in [0.5, 0.6) is 5.75 Å². The number of aryl methyl sites for hydroxylation is 1. The predicted molar refractivity (Wildman–Crippen MR) is 94.9 cm³/mol. The van der Waals surface area contributed by atoms with Gasteiger partial charge in [-0.15, -0.1) is 0 Å². The van der Waals surface area contributed by atoms with Crippen LogP contribution in [0.15, 0.2) is 34.9 Å². The van der Waals surface area contributed by atoms with E-state index in [1.54, 1.807) is 13.3 Å². The number of rotatable bonds is 5. The number of aromatic nitrogens is 1. The van der Waals surface area contributed by atoms with Crippen molar-refractivity contribution in [1.29, 1.82) is 0 Å². The lowest BCUT2D eigenvalue weighted by Gasteiger charge is -2.37. The van der Waals surface area contributed by atoms with Gasteiger partial charge in [-0.2, -0.15) is 0 Å². The van der Waals surface area contributed by atoms with Crippen molar-refractivity contribution < 1.29 is 18.7 Å². The Balaban J connectivity index is 1.36. The quantitative estimate of drug-likeness (QED) is 0.874. The number of hydrogen-bond donors (Lipinski definition) is 1. The van der Waals surface area contributed by atoms with Gasteiger partial charge in [0.05, 0.1) is 32.1 Å². The number of hydrogen-bond acceptors (Lipinski definition) is 6. The molecule has 0 aliphatic carbocycles. The first-order valence-electron chi connectivity index (χ1n) is 8.95. The number of oxazole rings is 1. The maximum absolute atomic E-state index is 12.6. The summed E-state index contributed by atoms with van der Waals surface area (Å²) in [5.74, 6) is 2.21.